The van der Waals surface area contributed by atoms with Crippen molar-refractivity contribution in [1.29, 1.82) is 0 Å². The molecule has 0 radical (unpaired) electrons. The summed E-state index contributed by atoms with van der Waals surface area (Å²) in [6.45, 7) is 5.30. The maximum Gasteiger partial charge on any atom is 0.335 e. The molecule has 0 bridgehead atoms. The third-order valence-corrected chi connectivity index (χ3v) is 3.83. The van der Waals surface area contributed by atoms with Gasteiger partial charge in [-0.2, -0.15) is 0 Å². The molecule has 0 unspecified atom stereocenters. The summed E-state index contributed by atoms with van der Waals surface area (Å²) >= 11 is 0. The van der Waals surface area contributed by atoms with Crippen LogP contribution >= 0.6 is 0 Å². The lowest BCUT2D eigenvalue weighted by Gasteiger charge is -2.32. The third kappa shape index (κ3) is 4.29. The summed E-state index contributed by atoms with van der Waals surface area (Å²) in [5.41, 5.74) is 0.548. The van der Waals surface area contributed by atoms with Gasteiger partial charge in [0.05, 0.1) is 5.56 Å². The Bertz CT molecular complexity index is 508. The fraction of sp³-hybridized carbons (Fsp3) is 0.500. The molecule has 1 aromatic carbocycles. The SMILES string of the molecule is CCCN1CCC(NC(=O)c2cccc(C(=O)O)c2)CC1. The quantitative estimate of drug-likeness (QED) is 0.870. The van der Waals surface area contributed by atoms with Crippen LogP contribution in [0, 0.1) is 0 Å². The van der Waals surface area contributed by atoms with Crippen LogP contribution < -0.4 is 5.32 Å². The predicted molar refractivity (Wildman–Crippen MR) is 80.6 cm³/mol. The monoisotopic (exact) mass is 290 g/mol. The topological polar surface area (TPSA) is 69.6 Å². The molecular weight excluding hydrogens is 268 g/mol. The van der Waals surface area contributed by atoms with Gasteiger partial charge in [0.15, 0.2) is 0 Å². The summed E-state index contributed by atoms with van der Waals surface area (Å²) in [6.07, 6.45) is 3.05. The van der Waals surface area contributed by atoms with Crippen LogP contribution in [0.4, 0.5) is 0 Å². The molecule has 1 fully saturated rings. The summed E-state index contributed by atoms with van der Waals surface area (Å²) in [5, 5.41) is 12.0. The maximum absolute atomic E-state index is 12.2. The summed E-state index contributed by atoms with van der Waals surface area (Å²) in [6, 6.07) is 6.33. The largest absolute Gasteiger partial charge is 0.478 e. The number of piperidine rings is 1. The molecule has 2 rings (SSSR count). The molecule has 5 nitrogen and oxygen atoms in total. The van der Waals surface area contributed by atoms with Crippen molar-refractivity contribution < 1.29 is 14.7 Å². The Morgan fingerprint density at radius 2 is 1.95 bits per heavy atom. The van der Waals surface area contributed by atoms with E-state index in [1.165, 1.54) is 12.1 Å². The van der Waals surface area contributed by atoms with Gasteiger partial charge in [-0.25, -0.2) is 4.79 Å². The zero-order valence-electron chi connectivity index (χ0n) is 12.3. The van der Waals surface area contributed by atoms with Gasteiger partial charge in [-0.05, 0) is 44.0 Å². The van der Waals surface area contributed by atoms with Crippen molar-refractivity contribution in [3.8, 4) is 0 Å². The molecule has 0 atom stereocenters. The first kappa shape index (κ1) is 15.5. The van der Waals surface area contributed by atoms with Crippen molar-refractivity contribution in [3.63, 3.8) is 0 Å². The molecule has 1 aliphatic heterocycles. The maximum atomic E-state index is 12.2. The summed E-state index contributed by atoms with van der Waals surface area (Å²) in [4.78, 5) is 25.5. The first-order valence-electron chi connectivity index (χ1n) is 7.46. The van der Waals surface area contributed by atoms with Crippen LogP contribution in [0.25, 0.3) is 0 Å². The van der Waals surface area contributed by atoms with E-state index in [0.717, 1.165) is 38.9 Å². The van der Waals surface area contributed by atoms with Crippen LogP contribution in [0.5, 0.6) is 0 Å². The Kier molecular flexibility index (Phi) is 5.33. The highest BCUT2D eigenvalue weighted by molar-refractivity contribution is 5.97. The number of carboxylic acids is 1. The lowest BCUT2D eigenvalue weighted by atomic mass is 10.0. The van der Waals surface area contributed by atoms with Gasteiger partial charge in [-0.15, -0.1) is 0 Å². The minimum atomic E-state index is -1.02. The standard InChI is InChI=1S/C16H22N2O3/c1-2-8-18-9-6-14(7-10-18)17-15(19)12-4-3-5-13(11-12)16(20)21/h3-5,11,14H,2,6-10H2,1H3,(H,17,19)(H,20,21). The molecule has 1 aliphatic rings. The van der Waals surface area contributed by atoms with Crippen LogP contribution in [0.2, 0.25) is 0 Å². The van der Waals surface area contributed by atoms with Crippen LogP contribution in [0.15, 0.2) is 24.3 Å². The molecule has 114 valence electrons. The summed E-state index contributed by atoms with van der Waals surface area (Å²) in [7, 11) is 0. The number of rotatable bonds is 5. The fourth-order valence-corrected chi connectivity index (χ4v) is 2.68. The van der Waals surface area contributed by atoms with Gasteiger partial charge >= 0.3 is 5.97 Å². The summed E-state index contributed by atoms with van der Waals surface area (Å²) in [5.74, 6) is -1.20. The first-order chi connectivity index (χ1) is 10.1. The van der Waals surface area contributed by atoms with E-state index >= 15 is 0 Å². The van der Waals surface area contributed by atoms with Gasteiger partial charge in [-0.3, -0.25) is 4.79 Å². The van der Waals surface area contributed by atoms with Crippen molar-refractivity contribution in [2.45, 2.75) is 32.2 Å². The van der Waals surface area contributed by atoms with Crippen molar-refractivity contribution in [2.24, 2.45) is 0 Å². The number of nitrogens with zero attached hydrogens (tertiary/aromatic N) is 1. The predicted octanol–water partition coefficient (Wildman–Crippen LogP) is 1.99. The van der Waals surface area contributed by atoms with Gasteiger partial charge in [0.2, 0.25) is 0 Å². The number of nitrogens with one attached hydrogen (secondary N) is 1. The van der Waals surface area contributed by atoms with Gasteiger partial charge in [0.25, 0.3) is 5.91 Å². The molecule has 1 heterocycles. The zero-order valence-corrected chi connectivity index (χ0v) is 12.3. The van der Waals surface area contributed by atoms with E-state index in [9.17, 15) is 9.59 Å². The number of amides is 1. The normalized spacial score (nSPS) is 16.6. The Morgan fingerprint density at radius 1 is 1.29 bits per heavy atom. The minimum Gasteiger partial charge on any atom is -0.478 e. The Labute approximate surface area is 125 Å². The van der Waals surface area contributed by atoms with Gasteiger partial charge in [-0.1, -0.05) is 13.0 Å². The lowest BCUT2D eigenvalue weighted by Crippen LogP contribution is -2.44. The number of likely N-dealkylation sites (tertiary alicyclic amines) is 1. The van der Waals surface area contributed by atoms with Gasteiger partial charge < -0.3 is 15.3 Å². The van der Waals surface area contributed by atoms with E-state index < -0.39 is 5.97 Å². The number of carbonyl (C=O) groups excluding carboxylic acids is 1. The summed E-state index contributed by atoms with van der Waals surface area (Å²) < 4.78 is 0. The highest BCUT2D eigenvalue weighted by atomic mass is 16.4. The van der Waals surface area contributed by atoms with Crippen molar-refractivity contribution in [3.05, 3.63) is 35.4 Å². The molecule has 5 heteroatoms. The van der Waals surface area contributed by atoms with Gasteiger partial charge in [0, 0.05) is 24.7 Å². The molecule has 2 N–H and O–H groups in total. The average molecular weight is 290 g/mol. The number of carboxylic acid groups (broad SMARTS) is 1. The van der Waals surface area contributed by atoms with Crippen molar-refractivity contribution in [1.82, 2.24) is 10.2 Å². The molecule has 1 saturated heterocycles. The van der Waals surface area contributed by atoms with Crippen LogP contribution in [0.3, 0.4) is 0 Å². The van der Waals surface area contributed by atoms with Gasteiger partial charge in [0.1, 0.15) is 0 Å². The molecule has 1 aromatic rings. The molecule has 1 amide bonds. The Morgan fingerprint density at radius 3 is 2.57 bits per heavy atom. The second-order valence-electron chi connectivity index (χ2n) is 5.48. The van der Waals surface area contributed by atoms with E-state index in [1.54, 1.807) is 12.1 Å². The minimum absolute atomic E-state index is 0.139. The highest BCUT2D eigenvalue weighted by Crippen LogP contribution is 2.12. The molecule has 0 saturated carbocycles. The Balaban J connectivity index is 1.90. The third-order valence-electron chi connectivity index (χ3n) is 3.83. The number of hydrogen-bond acceptors (Lipinski definition) is 3. The van der Waals surface area contributed by atoms with Crippen molar-refractivity contribution in [2.75, 3.05) is 19.6 Å². The molecule has 21 heavy (non-hydrogen) atoms. The van der Waals surface area contributed by atoms with E-state index in [-0.39, 0.29) is 17.5 Å². The van der Waals surface area contributed by atoms with Crippen LogP contribution in [-0.2, 0) is 0 Å². The van der Waals surface area contributed by atoms with Crippen LogP contribution in [-0.4, -0.2) is 47.6 Å². The smallest absolute Gasteiger partial charge is 0.335 e. The van der Waals surface area contributed by atoms with Crippen LogP contribution in [0.1, 0.15) is 46.9 Å². The molecular formula is C16H22N2O3. The van der Waals surface area contributed by atoms with E-state index in [2.05, 4.69) is 17.1 Å². The zero-order chi connectivity index (χ0) is 15.2. The first-order valence-corrected chi connectivity index (χ1v) is 7.46. The van der Waals surface area contributed by atoms with E-state index in [1.807, 2.05) is 0 Å². The number of aromatic carboxylic acids is 1. The van der Waals surface area contributed by atoms with E-state index in [0.29, 0.717) is 5.56 Å². The van der Waals surface area contributed by atoms with E-state index in [4.69, 9.17) is 5.11 Å². The average Bonchev–Trinajstić information content (AvgIpc) is 2.49. The number of carbonyl (C=O) groups is 2. The Hall–Kier alpha value is -1.88. The fourth-order valence-electron chi connectivity index (χ4n) is 2.68. The molecule has 0 spiro atoms. The highest BCUT2D eigenvalue weighted by Gasteiger charge is 2.20. The van der Waals surface area contributed by atoms with Crippen molar-refractivity contribution >= 4 is 11.9 Å². The molecule has 0 aromatic heterocycles. The number of hydrogen-bond donors (Lipinski definition) is 2. The second kappa shape index (κ2) is 7.22. The lowest BCUT2D eigenvalue weighted by molar-refractivity contribution is 0.0697. The number of benzene rings is 1. The molecule has 0 aliphatic carbocycles. The second-order valence-corrected chi connectivity index (χ2v) is 5.48.